The predicted octanol–water partition coefficient (Wildman–Crippen LogP) is 4.44. The van der Waals surface area contributed by atoms with Gasteiger partial charge in [0.2, 0.25) is 0 Å². The molecule has 1 nitrogen and oxygen atoms in total. The van der Waals surface area contributed by atoms with E-state index >= 15 is 0 Å². The highest BCUT2D eigenvalue weighted by atomic mass is 35.5. The lowest BCUT2D eigenvalue weighted by Gasteiger charge is -2.20. The zero-order valence-corrected chi connectivity index (χ0v) is 10.9. The summed E-state index contributed by atoms with van der Waals surface area (Å²) in [6.07, 6.45) is 1.04. The second-order valence-corrected chi connectivity index (χ2v) is 4.77. The third-order valence-corrected chi connectivity index (χ3v) is 3.03. The van der Waals surface area contributed by atoms with Crippen molar-refractivity contribution >= 4 is 23.2 Å². The van der Waals surface area contributed by atoms with E-state index in [4.69, 9.17) is 23.2 Å². The van der Waals surface area contributed by atoms with Crippen molar-refractivity contribution in [3.05, 3.63) is 33.8 Å². The van der Waals surface area contributed by atoms with Crippen molar-refractivity contribution in [3.63, 3.8) is 0 Å². The molecule has 1 aromatic carbocycles. The third kappa shape index (κ3) is 3.67. The van der Waals surface area contributed by atoms with Gasteiger partial charge in [-0.3, -0.25) is 0 Å². The summed E-state index contributed by atoms with van der Waals surface area (Å²) < 4.78 is 0. The van der Waals surface area contributed by atoms with Crippen LogP contribution >= 0.6 is 23.2 Å². The molecule has 84 valence electrons. The summed E-state index contributed by atoms with van der Waals surface area (Å²) in [5, 5.41) is 4.72. The molecule has 1 rings (SSSR count). The summed E-state index contributed by atoms with van der Waals surface area (Å²) in [4.78, 5) is 0. The molecule has 0 bridgehead atoms. The summed E-state index contributed by atoms with van der Waals surface area (Å²) in [6, 6.07) is 6.62. The quantitative estimate of drug-likeness (QED) is 0.827. The van der Waals surface area contributed by atoms with Crippen LogP contribution in [0.2, 0.25) is 10.0 Å². The number of hydrogen-bond acceptors (Lipinski definition) is 1. The highest BCUT2D eigenvalue weighted by molar-refractivity contribution is 6.42. The molecule has 3 heteroatoms. The Balaban J connectivity index is 2.87. The van der Waals surface area contributed by atoms with E-state index in [2.05, 4.69) is 26.1 Å². The molecule has 1 atom stereocenters. The van der Waals surface area contributed by atoms with E-state index < -0.39 is 0 Å². The first-order valence-corrected chi connectivity index (χ1v) is 6.01. The Morgan fingerprint density at radius 3 is 2.33 bits per heavy atom. The largest absolute Gasteiger partial charge is 0.308 e. The number of halogens is 2. The van der Waals surface area contributed by atoms with Crippen LogP contribution in [0, 0.1) is 0 Å². The van der Waals surface area contributed by atoms with Gasteiger partial charge in [-0.05, 0) is 24.1 Å². The van der Waals surface area contributed by atoms with Gasteiger partial charge in [0.15, 0.2) is 0 Å². The minimum Gasteiger partial charge on any atom is -0.308 e. The smallest absolute Gasteiger partial charge is 0.0595 e. The lowest BCUT2D eigenvalue weighted by Crippen LogP contribution is -2.27. The molecule has 1 aromatic rings. The molecule has 0 aliphatic rings. The minimum atomic E-state index is 0.347. The fourth-order valence-electron chi connectivity index (χ4n) is 1.58. The van der Waals surface area contributed by atoms with Gasteiger partial charge in [-0.1, -0.05) is 50.0 Å². The average molecular weight is 246 g/mol. The number of rotatable bonds is 4. The standard InChI is InChI=1S/C12H17Cl2N/c1-4-12(15-8(2)3)9-5-6-10(13)11(14)7-9/h5-8,12,15H,4H2,1-3H3. The summed E-state index contributed by atoms with van der Waals surface area (Å²) in [5.74, 6) is 0. The maximum absolute atomic E-state index is 5.99. The number of benzene rings is 1. The van der Waals surface area contributed by atoms with Gasteiger partial charge < -0.3 is 5.32 Å². The maximum Gasteiger partial charge on any atom is 0.0595 e. The van der Waals surface area contributed by atoms with E-state index in [-0.39, 0.29) is 0 Å². The van der Waals surface area contributed by atoms with Crippen molar-refractivity contribution in [2.24, 2.45) is 0 Å². The van der Waals surface area contributed by atoms with E-state index in [0.29, 0.717) is 22.1 Å². The number of nitrogens with one attached hydrogen (secondary N) is 1. The van der Waals surface area contributed by atoms with E-state index in [1.165, 1.54) is 5.56 Å². The van der Waals surface area contributed by atoms with Crippen LogP contribution in [0.25, 0.3) is 0 Å². The van der Waals surface area contributed by atoms with Crippen molar-refractivity contribution in [2.45, 2.75) is 39.3 Å². The molecular weight excluding hydrogens is 229 g/mol. The lowest BCUT2D eigenvalue weighted by atomic mass is 10.0. The van der Waals surface area contributed by atoms with Crippen molar-refractivity contribution in [1.29, 1.82) is 0 Å². The second-order valence-electron chi connectivity index (χ2n) is 3.96. The fourth-order valence-corrected chi connectivity index (χ4v) is 1.89. The summed E-state index contributed by atoms with van der Waals surface area (Å²) in [5.41, 5.74) is 1.20. The Hall–Kier alpha value is -0.240. The molecule has 15 heavy (non-hydrogen) atoms. The van der Waals surface area contributed by atoms with Crippen LogP contribution in [0.4, 0.5) is 0 Å². The molecule has 0 aliphatic carbocycles. The third-order valence-electron chi connectivity index (χ3n) is 2.29. The molecule has 0 aromatic heterocycles. The van der Waals surface area contributed by atoms with Crippen LogP contribution in [0.1, 0.15) is 38.8 Å². The summed E-state index contributed by atoms with van der Waals surface area (Å²) in [6.45, 7) is 6.43. The molecule has 0 saturated heterocycles. The minimum absolute atomic E-state index is 0.347. The van der Waals surface area contributed by atoms with Crippen molar-refractivity contribution in [3.8, 4) is 0 Å². The molecule has 0 spiro atoms. The van der Waals surface area contributed by atoms with Crippen LogP contribution in [-0.2, 0) is 0 Å². The zero-order chi connectivity index (χ0) is 11.4. The van der Waals surface area contributed by atoms with Crippen LogP contribution in [0.5, 0.6) is 0 Å². The van der Waals surface area contributed by atoms with E-state index in [1.54, 1.807) is 0 Å². The molecule has 0 fully saturated rings. The van der Waals surface area contributed by atoms with Crippen LogP contribution in [0.15, 0.2) is 18.2 Å². The van der Waals surface area contributed by atoms with Gasteiger partial charge in [0.1, 0.15) is 0 Å². The van der Waals surface area contributed by atoms with Gasteiger partial charge in [-0.2, -0.15) is 0 Å². The van der Waals surface area contributed by atoms with E-state index in [9.17, 15) is 0 Å². The van der Waals surface area contributed by atoms with Gasteiger partial charge in [0, 0.05) is 12.1 Å². The molecule has 0 amide bonds. The Morgan fingerprint density at radius 2 is 1.87 bits per heavy atom. The SMILES string of the molecule is CCC(NC(C)C)c1ccc(Cl)c(Cl)c1. The zero-order valence-electron chi connectivity index (χ0n) is 9.35. The molecular formula is C12H17Cl2N. The first-order valence-electron chi connectivity index (χ1n) is 5.25. The maximum atomic E-state index is 5.99. The first-order chi connectivity index (χ1) is 7.04. The van der Waals surface area contributed by atoms with Crippen molar-refractivity contribution in [2.75, 3.05) is 0 Å². The Labute approximate surface area is 102 Å². The molecule has 0 aliphatic heterocycles. The second kappa shape index (κ2) is 5.74. The van der Waals surface area contributed by atoms with Gasteiger partial charge in [-0.15, -0.1) is 0 Å². The molecule has 1 N–H and O–H groups in total. The van der Waals surface area contributed by atoms with Gasteiger partial charge in [0.25, 0.3) is 0 Å². The predicted molar refractivity (Wildman–Crippen MR) is 67.8 cm³/mol. The topological polar surface area (TPSA) is 12.0 Å². The van der Waals surface area contributed by atoms with Gasteiger partial charge >= 0.3 is 0 Å². The average Bonchev–Trinajstić information content (AvgIpc) is 2.18. The molecule has 1 unspecified atom stereocenters. The highest BCUT2D eigenvalue weighted by Gasteiger charge is 2.11. The Bertz CT molecular complexity index is 323. The Morgan fingerprint density at radius 1 is 1.20 bits per heavy atom. The molecule has 0 heterocycles. The summed E-state index contributed by atoms with van der Waals surface area (Å²) in [7, 11) is 0. The van der Waals surface area contributed by atoms with Crippen molar-refractivity contribution < 1.29 is 0 Å². The molecule has 0 saturated carbocycles. The van der Waals surface area contributed by atoms with Crippen LogP contribution in [-0.4, -0.2) is 6.04 Å². The molecule has 0 radical (unpaired) electrons. The monoisotopic (exact) mass is 245 g/mol. The van der Waals surface area contributed by atoms with Gasteiger partial charge in [0.05, 0.1) is 10.0 Å². The highest BCUT2D eigenvalue weighted by Crippen LogP contribution is 2.26. The Kier molecular flexibility index (Phi) is 4.91. The fraction of sp³-hybridized carbons (Fsp3) is 0.500. The van der Waals surface area contributed by atoms with Crippen molar-refractivity contribution in [1.82, 2.24) is 5.32 Å². The normalized spacial score (nSPS) is 13.2. The van der Waals surface area contributed by atoms with Crippen LogP contribution < -0.4 is 5.32 Å². The van der Waals surface area contributed by atoms with E-state index in [1.807, 2.05) is 18.2 Å². The van der Waals surface area contributed by atoms with E-state index in [0.717, 1.165) is 6.42 Å². The summed E-state index contributed by atoms with van der Waals surface area (Å²) >= 11 is 11.9. The van der Waals surface area contributed by atoms with Crippen LogP contribution in [0.3, 0.4) is 0 Å². The lowest BCUT2D eigenvalue weighted by molar-refractivity contribution is 0.466. The first kappa shape index (κ1) is 12.8. The number of hydrogen-bond donors (Lipinski definition) is 1. The van der Waals surface area contributed by atoms with Gasteiger partial charge in [-0.25, -0.2) is 0 Å².